The topological polar surface area (TPSA) is 135 Å². The van der Waals surface area contributed by atoms with Crippen LogP contribution in [-0.2, 0) is 11.3 Å². The lowest BCUT2D eigenvalue weighted by atomic mass is 9.95. The van der Waals surface area contributed by atoms with E-state index in [-0.39, 0.29) is 11.8 Å². The van der Waals surface area contributed by atoms with Gasteiger partial charge in [0.25, 0.3) is 0 Å². The first kappa shape index (κ1) is 20.7. The molecule has 11 nitrogen and oxygen atoms in total. The molecule has 1 fully saturated rings. The van der Waals surface area contributed by atoms with Crippen LogP contribution in [0.5, 0.6) is 0 Å². The summed E-state index contributed by atoms with van der Waals surface area (Å²) in [7, 11) is 3.90. The Morgan fingerprint density at radius 3 is 2.68 bits per heavy atom. The van der Waals surface area contributed by atoms with E-state index in [0.717, 1.165) is 11.4 Å². The number of rotatable bonds is 6. The van der Waals surface area contributed by atoms with Crippen LogP contribution in [0.25, 0.3) is 5.65 Å². The van der Waals surface area contributed by atoms with Crippen molar-refractivity contribution < 1.29 is 9.59 Å². The van der Waals surface area contributed by atoms with Crippen molar-refractivity contribution in [1.29, 1.82) is 0 Å². The van der Waals surface area contributed by atoms with E-state index in [9.17, 15) is 9.59 Å². The van der Waals surface area contributed by atoms with Crippen molar-refractivity contribution in [2.75, 3.05) is 37.4 Å². The maximum absolute atomic E-state index is 13.0. The summed E-state index contributed by atoms with van der Waals surface area (Å²) in [6.45, 7) is 2.04. The molecule has 0 atom stereocenters. The van der Waals surface area contributed by atoms with Crippen molar-refractivity contribution >= 4 is 29.0 Å². The highest BCUT2D eigenvalue weighted by Gasteiger charge is 2.26. The van der Waals surface area contributed by atoms with Gasteiger partial charge in [-0.15, -0.1) is 14.8 Å². The van der Waals surface area contributed by atoms with E-state index in [1.165, 1.54) is 4.63 Å². The summed E-state index contributed by atoms with van der Waals surface area (Å²) in [5.74, 6) is 0.0796. The van der Waals surface area contributed by atoms with Crippen LogP contribution < -0.4 is 16.0 Å². The molecule has 0 saturated carbocycles. The number of tetrazole rings is 1. The number of nitrogens with zero attached hydrogens (tertiary/aromatic N) is 7. The molecule has 11 heteroatoms. The zero-order valence-electron chi connectivity index (χ0n) is 17.5. The molecule has 0 unspecified atom stereocenters. The molecule has 3 aromatic rings. The molecule has 0 radical (unpaired) electrons. The van der Waals surface area contributed by atoms with Crippen LogP contribution in [0.4, 0.5) is 11.5 Å². The summed E-state index contributed by atoms with van der Waals surface area (Å²) in [4.78, 5) is 28.7. The van der Waals surface area contributed by atoms with Gasteiger partial charge in [-0.05, 0) is 67.2 Å². The van der Waals surface area contributed by atoms with Gasteiger partial charge >= 0.3 is 0 Å². The number of piperidine rings is 1. The second kappa shape index (κ2) is 8.64. The van der Waals surface area contributed by atoms with Gasteiger partial charge in [-0.25, -0.2) is 0 Å². The largest absolute Gasteiger partial charge is 0.366 e. The van der Waals surface area contributed by atoms with Crippen LogP contribution in [-0.4, -0.2) is 69.2 Å². The van der Waals surface area contributed by atoms with Gasteiger partial charge in [-0.3, -0.25) is 9.59 Å². The Morgan fingerprint density at radius 1 is 1.19 bits per heavy atom. The van der Waals surface area contributed by atoms with Crippen molar-refractivity contribution in [2.45, 2.75) is 19.4 Å². The second-order valence-corrected chi connectivity index (χ2v) is 7.94. The fourth-order valence-electron chi connectivity index (χ4n) is 3.74. The molecule has 1 aliphatic heterocycles. The first-order chi connectivity index (χ1) is 14.9. The molecule has 162 valence electrons. The third-order valence-corrected chi connectivity index (χ3v) is 5.38. The maximum atomic E-state index is 13.0. The number of fused-ring (bicyclic) bond motifs is 1. The Morgan fingerprint density at radius 2 is 1.97 bits per heavy atom. The fraction of sp³-hybridized carbons (Fsp3) is 0.400. The SMILES string of the molecule is CN(C)Cc1ccc(C(N)=O)cc1NC(=O)C1CCN(c2ccc3nnnn3n2)CC1. The predicted octanol–water partition coefficient (Wildman–Crippen LogP) is 0.535. The number of aromatic nitrogens is 5. The Kier molecular flexibility index (Phi) is 5.76. The highest BCUT2D eigenvalue weighted by atomic mass is 16.2. The van der Waals surface area contributed by atoms with E-state index >= 15 is 0 Å². The zero-order chi connectivity index (χ0) is 22.0. The monoisotopic (exact) mass is 423 g/mol. The molecule has 2 amide bonds. The molecule has 1 aromatic carbocycles. The van der Waals surface area contributed by atoms with Gasteiger partial charge in [0.1, 0.15) is 0 Å². The van der Waals surface area contributed by atoms with Crippen molar-refractivity contribution in [3.05, 3.63) is 41.5 Å². The standard InChI is InChI=1S/C20H25N9O2/c1-27(2)12-15-4-3-14(19(21)30)11-16(15)22-20(31)13-7-9-28(10-8-13)18-6-5-17-23-25-26-29(17)24-18/h3-6,11,13H,7-10,12H2,1-2H3,(H2,21,30)(H,22,31). The van der Waals surface area contributed by atoms with E-state index < -0.39 is 5.91 Å². The Hall–Kier alpha value is -3.60. The fourth-order valence-corrected chi connectivity index (χ4v) is 3.74. The molecular weight excluding hydrogens is 398 g/mol. The van der Waals surface area contributed by atoms with Gasteiger partial charge in [0.05, 0.1) is 0 Å². The smallest absolute Gasteiger partial charge is 0.248 e. The van der Waals surface area contributed by atoms with Crippen LogP contribution in [0.3, 0.4) is 0 Å². The molecule has 3 N–H and O–H groups in total. The lowest BCUT2D eigenvalue weighted by molar-refractivity contribution is -0.120. The molecular formula is C20H25N9O2. The Labute approximate surface area is 179 Å². The minimum atomic E-state index is -0.521. The lowest BCUT2D eigenvalue weighted by Crippen LogP contribution is -2.39. The van der Waals surface area contributed by atoms with Gasteiger partial charge in [0.15, 0.2) is 11.5 Å². The summed E-state index contributed by atoms with van der Waals surface area (Å²) in [5, 5.41) is 18.7. The number of nitrogens with two attached hydrogens (primary N) is 1. The molecule has 2 aromatic heterocycles. The minimum Gasteiger partial charge on any atom is -0.366 e. The molecule has 31 heavy (non-hydrogen) atoms. The first-order valence-corrected chi connectivity index (χ1v) is 10.1. The maximum Gasteiger partial charge on any atom is 0.248 e. The van der Waals surface area contributed by atoms with E-state index in [4.69, 9.17) is 5.73 Å². The first-order valence-electron chi connectivity index (χ1n) is 10.1. The summed E-state index contributed by atoms with van der Waals surface area (Å²) in [5.41, 5.74) is 7.94. The van der Waals surface area contributed by atoms with E-state index in [0.29, 0.717) is 49.4 Å². The molecule has 0 aliphatic carbocycles. The second-order valence-electron chi connectivity index (χ2n) is 7.94. The number of hydrogen-bond donors (Lipinski definition) is 2. The lowest BCUT2D eigenvalue weighted by Gasteiger charge is -2.32. The molecule has 3 heterocycles. The predicted molar refractivity (Wildman–Crippen MR) is 114 cm³/mol. The molecule has 0 bridgehead atoms. The number of nitrogens with one attached hydrogen (secondary N) is 1. The average Bonchev–Trinajstić information content (AvgIpc) is 3.22. The number of hydrogen-bond acceptors (Lipinski definition) is 8. The molecule has 1 saturated heterocycles. The van der Waals surface area contributed by atoms with Crippen LogP contribution in [0.2, 0.25) is 0 Å². The third kappa shape index (κ3) is 4.61. The molecule has 4 rings (SSSR count). The van der Waals surface area contributed by atoms with Gasteiger partial charge < -0.3 is 20.9 Å². The van der Waals surface area contributed by atoms with E-state index in [2.05, 4.69) is 30.8 Å². The summed E-state index contributed by atoms with van der Waals surface area (Å²) < 4.78 is 1.39. The third-order valence-electron chi connectivity index (χ3n) is 5.38. The van der Waals surface area contributed by atoms with Gasteiger partial charge in [-0.2, -0.15) is 0 Å². The summed E-state index contributed by atoms with van der Waals surface area (Å²) in [6, 6.07) is 8.87. The van der Waals surface area contributed by atoms with Crippen molar-refractivity contribution in [3.8, 4) is 0 Å². The number of anilines is 2. The molecule has 1 aliphatic rings. The normalized spacial score (nSPS) is 14.9. The zero-order valence-corrected chi connectivity index (χ0v) is 17.5. The van der Waals surface area contributed by atoms with Crippen molar-refractivity contribution in [2.24, 2.45) is 11.7 Å². The van der Waals surface area contributed by atoms with Crippen LogP contribution in [0, 0.1) is 5.92 Å². The highest BCUT2D eigenvalue weighted by molar-refractivity contribution is 5.97. The molecule has 0 spiro atoms. The van der Waals surface area contributed by atoms with Crippen LogP contribution >= 0.6 is 0 Å². The Balaban J connectivity index is 1.42. The van der Waals surface area contributed by atoms with Gasteiger partial charge in [0, 0.05) is 36.8 Å². The van der Waals surface area contributed by atoms with Gasteiger partial charge in [-0.1, -0.05) is 6.07 Å². The number of carbonyl (C=O) groups excluding carboxylic acids is 2. The average molecular weight is 423 g/mol. The number of carbonyl (C=O) groups is 2. The Bertz CT molecular complexity index is 1100. The van der Waals surface area contributed by atoms with E-state index in [1.807, 2.05) is 37.2 Å². The van der Waals surface area contributed by atoms with Gasteiger partial charge in [0.2, 0.25) is 11.8 Å². The van der Waals surface area contributed by atoms with Crippen molar-refractivity contribution in [3.63, 3.8) is 0 Å². The van der Waals surface area contributed by atoms with Crippen LogP contribution in [0.1, 0.15) is 28.8 Å². The van der Waals surface area contributed by atoms with Crippen LogP contribution in [0.15, 0.2) is 30.3 Å². The quantitative estimate of drug-likeness (QED) is 0.586. The highest BCUT2D eigenvalue weighted by Crippen LogP contribution is 2.25. The number of benzene rings is 1. The number of amides is 2. The van der Waals surface area contributed by atoms with Crippen molar-refractivity contribution in [1.82, 2.24) is 30.2 Å². The summed E-state index contributed by atoms with van der Waals surface area (Å²) >= 11 is 0. The minimum absolute atomic E-state index is 0.0508. The van der Waals surface area contributed by atoms with E-state index in [1.54, 1.807) is 12.1 Å². The number of primary amides is 1. The summed E-state index contributed by atoms with van der Waals surface area (Å²) in [6.07, 6.45) is 1.39.